The van der Waals surface area contributed by atoms with Crippen LogP contribution < -0.4 is 14.2 Å². The van der Waals surface area contributed by atoms with Crippen molar-refractivity contribution in [2.75, 3.05) is 34.4 Å². The normalized spacial score (nSPS) is 10.8. The highest BCUT2D eigenvalue weighted by Crippen LogP contribution is 2.24. The zero-order valence-electron chi connectivity index (χ0n) is 25.7. The van der Waals surface area contributed by atoms with Crippen LogP contribution in [0.2, 0.25) is 0 Å². The van der Waals surface area contributed by atoms with Gasteiger partial charge in [-0.1, -0.05) is 56.3 Å². The van der Waals surface area contributed by atoms with Crippen LogP contribution in [0, 0.1) is 5.92 Å². The van der Waals surface area contributed by atoms with Crippen LogP contribution in [0.4, 0.5) is 0 Å². The van der Waals surface area contributed by atoms with Gasteiger partial charge in [0.05, 0.1) is 27.9 Å². The molecule has 0 spiro atoms. The van der Waals surface area contributed by atoms with Crippen molar-refractivity contribution in [1.82, 2.24) is 14.4 Å². The molecule has 0 radical (unpaired) electrons. The van der Waals surface area contributed by atoms with Gasteiger partial charge in [0.25, 0.3) is 5.91 Å². The zero-order chi connectivity index (χ0) is 30.8. The lowest BCUT2D eigenvalue weighted by Gasteiger charge is -2.29. The fourth-order valence-electron chi connectivity index (χ4n) is 4.98. The topological polar surface area (TPSA) is 73.2 Å². The highest BCUT2D eigenvalue weighted by atomic mass is 16.5. The van der Waals surface area contributed by atoms with Crippen molar-refractivity contribution in [3.05, 3.63) is 114 Å². The molecule has 1 heterocycles. The number of amides is 2. The number of ether oxygens (including phenoxy) is 3. The lowest BCUT2D eigenvalue weighted by molar-refractivity contribution is -0.133. The number of carbonyl (C=O) groups is 2. The second-order valence-corrected chi connectivity index (χ2v) is 10.9. The average Bonchev–Trinajstić information content (AvgIpc) is 3.46. The Morgan fingerprint density at radius 2 is 1.40 bits per heavy atom. The Labute approximate surface area is 254 Å². The molecule has 3 aromatic carbocycles. The van der Waals surface area contributed by atoms with E-state index in [1.807, 2.05) is 85.6 Å². The zero-order valence-corrected chi connectivity index (χ0v) is 25.7. The number of rotatable bonds is 14. The van der Waals surface area contributed by atoms with Gasteiger partial charge in [0.15, 0.2) is 0 Å². The number of hydrogen-bond acceptors (Lipinski definition) is 5. The third-order valence-corrected chi connectivity index (χ3v) is 7.13. The van der Waals surface area contributed by atoms with Crippen LogP contribution in [0.25, 0.3) is 0 Å². The van der Waals surface area contributed by atoms with Gasteiger partial charge < -0.3 is 28.6 Å². The monoisotopic (exact) mass is 583 g/mol. The minimum atomic E-state index is -0.250. The first-order chi connectivity index (χ1) is 20.8. The Bertz CT molecular complexity index is 1480. The third kappa shape index (κ3) is 8.64. The van der Waals surface area contributed by atoms with Crippen molar-refractivity contribution < 1.29 is 23.8 Å². The van der Waals surface area contributed by atoms with Gasteiger partial charge in [0.2, 0.25) is 5.91 Å². The summed E-state index contributed by atoms with van der Waals surface area (Å²) in [6, 6.07) is 27.0. The van der Waals surface area contributed by atoms with Gasteiger partial charge in [0.1, 0.15) is 23.8 Å². The van der Waals surface area contributed by atoms with Crippen LogP contribution in [0.15, 0.2) is 91.1 Å². The minimum absolute atomic E-state index is 0.0556. The van der Waals surface area contributed by atoms with Crippen molar-refractivity contribution in [3.8, 4) is 17.2 Å². The first-order valence-corrected chi connectivity index (χ1v) is 14.4. The van der Waals surface area contributed by atoms with Gasteiger partial charge in [0, 0.05) is 43.2 Å². The molecule has 0 aliphatic heterocycles. The highest BCUT2D eigenvalue weighted by molar-refractivity contribution is 5.97. The Morgan fingerprint density at radius 1 is 0.721 bits per heavy atom. The van der Waals surface area contributed by atoms with E-state index in [2.05, 4.69) is 10.6 Å². The molecule has 0 aliphatic rings. The largest absolute Gasteiger partial charge is 0.497 e. The number of methoxy groups -OCH3 is 3. The summed E-state index contributed by atoms with van der Waals surface area (Å²) in [6.45, 7) is 5.88. The number of nitrogens with zero attached hydrogens (tertiary/aromatic N) is 3. The molecule has 1 aromatic heterocycles. The molecule has 4 aromatic rings. The Kier molecular flexibility index (Phi) is 10.9. The molecule has 226 valence electrons. The third-order valence-electron chi connectivity index (χ3n) is 7.13. The van der Waals surface area contributed by atoms with Crippen molar-refractivity contribution in [2.24, 2.45) is 5.92 Å². The van der Waals surface area contributed by atoms with E-state index in [1.165, 1.54) is 0 Å². The molecule has 43 heavy (non-hydrogen) atoms. The lowest BCUT2D eigenvalue weighted by atomic mass is 10.1. The molecule has 0 aliphatic carbocycles. The highest BCUT2D eigenvalue weighted by Gasteiger charge is 2.25. The van der Waals surface area contributed by atoms with E-state index in [9.17, 15) is 9.59 Å². The van der Waals surface area contributed by atoms with E-state index >= 15 is 0 Å². The molecule has 2 amide bonds. The summed E-state index contributed by atoms with van der Waals surface area (Å²) < 4.78 is 18.3. The standard InChI is InChI=1S/C35H41N3O5/c1-26(2)21-38(35(40)29-18-32(42-4)20-33(19-29)43-5)25-34(39)37(22-27-11-7-6-8-12-27)24-30-14-10-16-36(30)23-28-13-9-15-31(17-28)41-3/h6-20,26H,21-25H2,1-5H3. The van der Waals surface area contributed by atoms with Gasteiger partial charge in [-0.25, -0.2) is 0 Å². The summed E-state index contributed by atoms with van der Waals surface area (Å²) in [5, 5.41) is 0. The summed E-state index contributed by atoms with van der Waals surface area (Å²) in [5.74, 6) is 1.60. The van der Waals surface area contributed by atoms with E-state index in [0.717, 1.165) is 22.6 Å². The summed E-state index contributed by atoms with van der Waals surface area (Å²) in [5.41, 5.74) is 3.51. The second kappa shape index (κ2) is 15.0. The molecule has 0 fully saturated rings. The van der Waals surface area contributed by atoms with E-state index in [4.69, 9.17) is 14.2 Å². The maximum atomic E-state index is 14.1. The van der Waals surface area contributed by atoms with Crippen LogP contribution in [0.1, 0.15) is 41.0 Å². The van der Waals surface area contributed by atoms with Gasteiger partial charge >= 0.3 is 0 Å². The molecular weight excluding hydrogens is 542 g/mol. The van der Waals surface area contributed by atoms with E-state index in [-0.39, 0.29) is 24.3 Å². The Hall–Kier alpha value is -4.72. The lowest BCUT2D eigenvalue weighted by Crippen LogP contribution is -2.44. The van der Waals surface area contributed by atoms with Gasteiger partial charge in [-0.2, -0.15) is 0 Å². The molecule has 8 heteroatoms. The van der Waals surface area contributed by atoms with Crippen LogP contribution in [-0.2, 0) is 24.4 Å². The van der Waals surface area contributed by atoms with Gasteiger partial charge in [-0.05, 0) is 53.4 Å². The van der Waals surface area contributed by atoms with Gasteiger partial charge in [-0.3, -0.25) is 9.59 Å². The summed E-state index contributed by atoms with van der Waals surface area (Å²) in [6.07, 6.45) is 2.02. The van der Waals surface area contributed by atoms with Crippen LogP contribution >= 0.6 is 0 Å². The van der Waals surface area contributed by atoms with E-state index in [0.29, 0.717) is 43.2 Å². The van der Waals surface area contributed by atoms with Crippen molar-refractivity contribution in [1.29, 1.82) is 0 Å². The first-order valence-electron chi connectivity index (χ1n) is 14.4. The number of hydrogen-bond donors (Lipinski definition) is 0. The predicted octanol–water partition coefficient (Wildman–Crippen LogP) is 5.89. The predicted molar refractivity (Wildman–Crippen MR) is 168 cm³/mol. The molecule has 0 N–H and O–H groups in total. The molecule has 0 atom stereocenters. The summed E-state index contributed by atoms with van der Waals surface area (Å²) in [7, 11) is 4.75. The minimum Gasteiger partial charge on any atom is -0.497 e. The van der Waals surface area contributed by atoms with Crippen molar-refractivity contribution in [2.45, 2.75) is 33.5 Å². The number of benzene rings is 3. The van der Waals surface area contributed by atoms with E-state index in [1.54, 1.807) is 44.4 Å². The van der Waals surface area contributed by atoms with Gasteiger partial charge in [-0.15, -0.1) is 0 Å². The summed E-state index contributed by atoms with van der Waals surface area (Å²) >= 11 is 0. The average molecular weight is 584 g/mol. The smallest absolute Gasteiger partial charge is 0.254 e. The van der Waals surface area contributed by atoms with E-state index < -0.39 is 0 Å². The molecule has 4 rings (SSSR count). The number of carbonyl (C=O) groups excluding carboxylic acids is 2. The Balaban J connectivity index is 1.60. The quantitative estimate of drug-likeness (QED) is 0.185. The second-order valence-electron chi connectivity index (χ2n) is 10.9. The molecule has 0 unspecified atom stereocenters. The van der Waals surface area contributed by atoms with Crippen molar-refractivity contribution >= 4 is 11.8 Å². The van der Waals surface area contributed by atoms with Crippen LogP contribution in [-0.4, -0.2) is 60.6 Å². The van der Waals surface area contributed by atoms with Crippen molar-refractivity contribution in [3.63, 3.8) is 0 Å². The number of aromatic nitrogens is 1. The van der Waals surface area contributed by atoms with Crippen LogP contribution in [0.3, 0.4) is 0 Å². The SMILES string of the molecule is COc1cccc(Cn2cccc2CN(Cc2ccccc2)C(=O)CN(CC(C)C)C(=O)c2cc(OC)cc(OC)c2)c1. The maximum absolute atomic E-state index is 14.1. The fraction of sp³-hybridized carbons (Fsp3) is 0.314. The molecule has 0 saturated heterocycles. The molecular formula is C35H41N3O5. The first kappa shape index (κ1) is 31.2. The van der Waals surface area contributed by atoms with Crippen LogP contribution in [0.5, 0.6) is 17.2 Å². The maximum Gasteiger partial charge on any atom is 0.254 e. The molecule has 0 saturated carbocycles. The Morgan fingerprint density at radius 3 is 2.05 bits per heavy atom. The fourth-order valence-corrected chi connectivity index (χ4v) is 4.98. The molecule has 8 nitrogen and oxygen atoms in total. The molecule has 0 bridgehead atoms. The summed E-state index contributed by atoms with van der Waals surface area (Å²) in [4.78, 5) is 31.3.